The summed E-state index contributed by atoms with van der Waals surface area (Å²) in [6.07, 6.45) is 0. The zero-order valence-corrected chi connectivity index (χ0v) is 22.4. The average molecular weight is 606 g/mol. The molecule has 6 nitrogen and oxygen atoms in total. The van der Waals surface area contributed by atoms with Crippen LogP contribution in [-0.2, 0) is 9.59 Å². The minimum absolute atomic E-state index is 0.111. The number of halogens is 1. The molecule has 3 aromatic rings. The van der Waals surface area contributed by atoms with Crippen molar-refractivity contribution in [2.75, 3.05) is 16.4 Å². The molecule has 4 rings (SSSR count). The highest BCUT2D eigenvalue weighted by Crippen LogP contribution is 2.40. The van der Waals surface area contributed by atoms with Gasteiger partial charge in [0.2, 0.25) is 5.91 Å². The second-order valence-electron chi connectivity index (χ2n) is 8.03. The maximum atomic E-state index is 13.4. The third-order valence-corrected chi connectivity index (χ3v) is 7.27. The van der Waals surface area contributed by atoms with E-state index in [1.807, 2.05) is 91.9 Å². The van der Waals surface area contributed by atoms with Gasteiger partial charge in [0.15, 0.2) is 0 Å². The number of hydrogen-bond donors (Lipinski definition) is 3. The Labute approximate surface area is 228 Å². The van der Waals surface area contributed by atoms with Gasteiger partial charge in [-0.15, -0.1) is 0 Å². The van der Waals surface area contributed by atoms with Gasteiger partial charge in [0.05, 0.1) is 28.3 Å². The fourth-order valence-electron chi connectivity index (χ4n) is 3.89. The molecule has 0 saturated heterocycles. The van der Waals surface area contributed by atoms with Crippen LogP contribution >= 0.6 is 34.4 Å². The second-order valence-corrected chi connectivity index (χ2v) is 10.3. The molecule has 1 atom stereocenters. The van der Waals surface area contributed by atoms with Crippen molar-refractivity contribution in [1.29, 1.82) is 5.26 Å². The van der Waals surface area contributed by atoms with E-state index in [1.165, 1.54) is 11.8 Å². The van der Waals surface area contributed by atoms with Gasteiger partial charge < -0.3 is 16.0 Å². The van der Waals surface area contributed by atoms with E-state index in [1.54, 1.807) is 0 Å². The Morgan fingerprint density at radius 2 is 1.56 bits per heavy atom. The first-order valence-corrected chi connectivity index (χ1v) is 13.2. The van der Waals surface area contributed by atoms with E-state index in [9.17, 15) is 14.9 Å². The Bertz CT molecular complexity index is 1360. The number of nitriles is 1. The van der Waals surface area contributed by atoms with E-state index in [-0.39, 0.29) is 17.6 Å². The topological polar surface area (TPSA) is 94.0 Å². The third-order valence-electron chi connectivity index (χ3n) is 5.53. The molecule has 0 bridgehead atoms. The molecular formula is C28H23IN4O2S. The van der Waals surface area contributed by atoms with Gasteiger partial charge in [-0.2, -0.15) is 5.26 Å². The Balaban J connectivity index is 1.60. The Morgan fingerprint density at radius 1 is 0.944 bits per heavy atom. The molecule has 0 radical (unpaired) electrons. The van der Waals surface area contributed by atoms with Crippen LogP contribution in [0.15, 0.2) is 107 Å². The lowest BCUT2D eigenvalue weighted by molar-refractivity contribution is -0.114. The Hall–Kier alpha value is -3.55. The van der Waals surface area contributed by atoms with Crippen LogP contribution < -0.4 is 16.0 Å². The van der Waals surface area contributed by atoms with Crippen molar-refractivity contribution in [3.8, 4) is 6.07 Å². The normalized spacial score (nSPS) is 15.1. The molecule has 0 aromatic heterocycles. The number of benzene rings is 3. The number of thioether (sulfide) groups is 1. The highest BCUT2D eigenvalue weighted by Gasteiger charge is 2.34. The molecule has 8 heteroatoms. The molecular weight excluding hydrogens is 583 g/mol. The summed E-state index contributed by atoms with van der Waals surface area (Å²) >= 11 is 3.46. The molecule has 0 fully saturated rings. The highest BCUT2D eigenvalue weighted by atomic mass is 127. The van der Waals surface area contributed by atoms with E-state index < -0.39 is 5.92 Å². The molecule has 3 N–H and O–H groups in total. The zero-order chi connectivity index (χ0) is 25.5. The van der Waals surface area contributed by atoms with Crippen LogP contribution in [0.25, 0.3) is 0 Å². The van der Waals surface area contributed by atoms with Crippen LogP contribution in [0.3, 0.4) is 0 Å². The Kier molecular flexibility index (Phi) is 8.46. The van der Waals surface area contributed by atoms with Crippen molar-refractivity contribution in [2.24, 2.45) is 0 Å². The fourth-order valence-corrected chi connectivity index (χ4v) is 5.15. The first-order chi connectivity index (χ1) is 17.5. The van der Waals surface area contributed by atoms with Gasteiger partial charge in [0.1, 0.15) is 0 Å². The van der Waals surface area contributed by atoms with Crippen molar-refractivity contribution in [3.05, 3.63) is 116 Å². The van der Waals surface area contributed by atoms with Crippen LogP contribution in [0.4, 0.5) is 11.4 Å². The molecule has 1 heterocycles. The standard InChI is InChI=1S/C28H23IN4O2S/c1-18-25(27(35)33-21-10-6-3-7-11-21)26(19-8-4-2-5-9-19)23(16-30)28(31-18)36-17-24(34)32-22-14-12-20(29)13-15-22/h2-15,26,31H,17H2,1H3,(H,32,34)(H,33,35)/t26-/m1/s1. The van der Waals surface area contributed by atoms with Gasteiger partial charge in [0.25, 0.3) is 5.91 Å². The summed E-state index contributed by atoms with van der Waals surface area (Å²) in [6.45, 7) is 1.82. The minimum atomic E-state index is -0.567. The van der Waals surface area contributed by atoms with Crippen molar-refractivity contribution in [2.45, 2.75) is 12.8 Å². The molecule has 0 unspecified atom stereocenters. The zero-order valence-electron chi connectivity index (χ0n) is 19.4. The third kappa shape index (κ3) is 6.17. The number of nitrogens with one attached hydrogen (secondary N) is 3. The number of dihydropyridines is 1. The molecule has 2 amide bonds. The number of anilines is 2. The number of amides is 2. The van der Waals surface area contributed by atoms with Crippen LogP contribution in [0.5, 0.6) is 0 Å². The van der Waals surface area contributed by atoms with Gasteiger partial charge in [-0.3, -0.25) is 9.59 Å². The van der Waals surface area contributed by atoms with Crippen molar-refractivity contribution in [1.82, 2.24) is 5.32 Å². The van der Waals surface area contributed by atoms with E-state index in [4.69, 9.17) is 0 Å². The summed E-state index contributed by atoms with van der Waals surface area (Å²) in [4.78, 5) is 26.0. The van der Waals surface area contributed by atoms with Gasteiger partial charge in [-0.25, -0.2) is 0 Å². The van der Waals surface area contributed by atoms with Gasteiger partial charge >= 0.3 is 0 Å². The number of carbonyl (C=O) groups is 2. The van der Waals surface area contributed by atoms with Gasteiger partial charge in [0, 0.05) is 26.2 Å². The first kappa shape index (κ1) is 25.5. The summed E-state index contributed by atoms with van der Waals surface area (Å²) in [5.41, 5.74) is 3.72. The lowest BCUT2D eigenvalue weighted by Gasteiger charge is -2.29. The van der Waals surface area contributed by atoms with E-state index in [0.29, 0.717) is 33.2 Å². The van der Waals surface area contributed by atoms with Crippen molar-refractivity contribution < 1.29 is 9.59 Å². The lowest BCUT2D eigenvalue weighted by Crippen LogP contribution is -2.31. The SMILES string of the molecule is CC1=C(C(=O)Nc2ccccc2)[C@H](c2ccccc2)C(C#N)=C(SCC(=O)Nc2ccc(I)cc2)N1. The number of rotatable bonds is 7. The lowest BCUT2D eigenvalue weighted by atomic mass is 9.82. The summed E-state index contributed by atoms with van der Waals surface area (Å²) in [6, 6.07) is 28.5. The minimum Gasteiger partial charge on any atom is -0.353 e. The Morgan fingerprint density at radius 3 is 2.19 bits per heavy atom. The maximum absolute atomic E-state index is 13.4. The molecule has 180 valence electrons. The number of carbonyl (C=O) groups excluding carboxylic acids is 2. The van der Waals surface area contributed by atoms with E-state index in [2.05, 4.69) is 44.6 Å². The maximum Gasteiger partial charge on any atom is 0.254 e. The predicted molar refractivity (Wildman–Crippen MR) is 153 cm³/mol. The van der Waals surface area contributed by atoms with Gasteiger partial charge in [-0.1, -0.05) is 60.3 Å². The fraction of sp³-hybridized carbons (Fsp3) is 0.107. The van der Waals surface area contributed by atoms with Gasteiger partial charge in [-0.05, 0) is 71.5 Å². The van der Waals surface area contributed by atoms with Crippen LogP contribution in [0, 0.1) is 14.9 Å². The van der Waals surface area contributed by atoms with E-state index in [0.717, 1.165) is 9.13 Å². The number of para-hydroxylation sites is 1. The number of allylic oxidation sites excluding steroid dienone is 2. The van der Waals surface area contributed by atoms with Crippen molar-refractivity contribution in [3.63, 3.8) is 0 Å². The average Bonchev–Trinajstić information content (AvgIpc) is 2.89. The molecule has 0 aliphatic carbocycles. The summed E-state index contributed by atoms with van der Waals surface area (Å²) in [5, 5.41) is 19.8. The molecule has 0 saturated carbocycles. The quantitative estimate of drug-likeness (QED) is 0.287. The molecule has 36 heavy (non-hydrogen) atoms. The van der Waals surface area contributed by atoms with Crippen molar-refractivity contribution >= 4 is 57.5 Å². The predicted octanol–water partition coefficient (Wildman–Crippen LogP) is 6.00. The second kappa shape index (κ2) is 11.9. The largest absolute Gasteiger partial charge is 0.353 e. The molecule has 1 aliphatic heterocycles. The van der Waals surface area contributed by atoms with E-state index >= 15 is 0 Å². The summed E-state index contributed by atoms with van der Waals surface area (Å²) < 4.78 is 1.08. The molecule has 0 spiro atoms. The number of hydrogen-bond acceptors (Lipinski definition) is 5. The summed E-state index contributed by atoms with van der Waals surface area (Å²) in [7, 11) is 0. The van der Waals surface area contributed by atoms with Crippen LogP contribution in [0.2, 0.25) is 0 Å². The molecule has 1 aliphatic rings. The monoisotopic (exact) mass is 606 g/mol. The smallest absolute Gasteiger partial charge is 0.254 e. The number of nitrogens with zero attached hydrogens (tertiary/aromatic N) is 1. The van der Waals surface area contributed by atoms with Crippen LogP contribution in [0.1, 0.15) is 18.4 Å². The molecule has 3 aromatic carbocycles. The first-order valence-electron chi connectivity index (χ1n) is 11.2. The summed E-state index contributed by atoms with van der Waals surface area (Å²) in [5.74, 6) is -0.922. The van der Waals surface area contributed by atoms with Crippen LogP contribution in [-0.4, -0.2) is 17.6 Å². The highest BCUT2D eigenvalue weighted by molar-refractivity contribution is 14.1.